The number of alkyl halides is 3. The van der Waals surface area contributed by atoms with Crippen molar-refractivity contribution >= 4 is 21.6 Å². The van der Waals surface area contributed by atoms with Gasteiger partial charge in [-0.2, -0.15) is 18.3 Å². The van der Waals surface area contributed by atoms with E-state index in [1.165, 1.54) is 0 Å². The van der Waals surface area contributed by atoms with Gasteiger partial charge in [0.1, 0.15) is 5.15 Å². The summed E-state index contributed by atoms with van der Waals surface area (Å²) in [6.07, 6.45) is -4.92. The molecule has 0 aromatic carbocycles. The van der Waals surface area contributed by atoms with Crippen molar-refractivity contribution in [1.82, 2.24) is 9.78 Å². The Kier molecular flexibility index (Phi) is 2.74. The van der Waals surface area contributed by atoms with Gasteiger partial charge in [-0.25, -0.2) is 13.6 Å². The van der Waals surface area contributed by atoms with E-state index in [2.05, 4.69) is 10.2 Å². The number of hydrogen-bond donors (Lipinski definition) is 1. The summed E-state index contributed by atoms with van der Waals surface area (Å²) in [7, 11) is -3.49. The highest BCUT2D eigenvalue weighted by atomic mass is 35.5. The van der Waals surface area contributed by atoms with Crippen molar-refractivity contribution in [2.24, 2.45) is 12.2 Å². The monoisotopic (exact) mass is 263 g/mol. The molecule has 0 aliphatic rings. The van der Waals surface area contributed by atoms with Gasteiger partial charge in [-0.15, -0.1) is 0 Å². The first kappa shape index (κ1) is 12.3. The first-order valence-electron chi connectivity index (χ1n) is 3.37. The Bertz CT molecular complexity index is 492. The molecule has 2 N–H and O–H groups in total. The van der Waals surface area contributed by atoms with E-state index in [4.69, 9.17) is 11.6 Å². The molecule has 0 radical (unpaired) electrons. The molecule has 15 heavy (non-hydrogen) atoms. The number of halogens is 4. The van der Waals surface area contributed by atoms with Gasteiger partial charge in [-0.3, -0.25) is 4.68 Å². The summed E-state index contributed by atoms with van der Waals surface area (Å²) in [5, 5.41) is 6.88. The summed E-state index contributed by atoms with van der Waals surface area (Å²) in [6.45, 7) is 0. The SMILES string of the molecule is Cn1nc(C(F)(F)F)c(S(N)(=O)=O)c1Cl. The summed E-state index contributed by atoms with van der Waals surface area (Å²) in [5.41, 5.74) is -1.61. The van der Waals surface area contributed by atoms with Crippen LogP contribution in [0.1, 0.15) is 5.69 Å². The molecule has 0 saturated heterocycles. The molecular formula is C5H5ClF3N3O2S. The molecule has 0 aliphatic heterocycles. The first-order valence-corrected chi connectivity index (χ1v) is 5.30. The zero-order valence-corrected chi connectivity index (χ0v) is 8.78. The highest BCUT2D eigenvalue weighted by Crippen LogP contribution is 2.35. The van der Waals surface area contributed by atoms with Gasteiger partial charge in [0.05, 0.1) is 0 Å². The molecule has 0 spiro atoms. The summed E-state index contributed by atoms with van der Waals surface area (Å²) in [5.74, 6) is 0. The van der Waals surface area contributed by atoms with E-state index >= 15 is 0 Å². The standard InChI is InChI=1S/C5H5ClF3N3O2S/c1-12-4(6)2(15(10,13)14)3(11-12)5(7,8)9/h1H3,(H2,10,13,14). The maximum atomic E-state index is 12.3. The number of nitrogens with zero attached hydrogens (tertiary/aromatic N) is 2. The van der Waals surface area contributed by atoms with Gasteiger partial charge in [-0.05, 0) is 0 Å². The van der Waals surface area contributed by atoms with Crippen LogP contribution in [0.25, 0.3) is 0 Å². The average Bonchev–Trinajstić information content (AvgIpc) is 2.25. The molecule has 0 unspecified atom stereocenters. The number of primary sulfonamides is 1. The van der Waals surface area contributed by atoms with Crippen LogP contribution < -0.4 is 5.14 Å². The van der Waals surface area contributed by atoms with Gasteiger partial charge in [0.2, 0.25) is 10.0 Å². The third kappa shape index (κ3) is 2.24. The van der Waals surface area contributed by atoms with Crippen LogP contribution in [-0.2, 0) is 23.2 Å². The van der Waals surface area contributed by atoms with E-state index in [0.717, 1.165) is 7.05 Å². The van der Waals surface area contributed by atoms with Gasteiger partial charge in [0, 0.05) is 7.05 Å². The molecule has 0 bridgehead atoms. The largest absolute Gasteiger partial charge is 0.436 e. The second-order valence-electron chi connectivity index (χ2n) is 2.63. The second-order valence-corrected chi connectivity index (χ2v) is 4.49. The van der Waals surface area contributed by atoms with Crippen LogP contribution in [0.3, 0.4) is 0 Å². The fourth-order valence-corrected chi connectivity index (χ4v) is 2.16. The number of aromatic nitrogens is 2. The van der Waals surface area contributed by atoms with Crippen LogP contribution in [-0.4, -0.2) is 18.2 Å². The molecule has 1 rings (SSSR count). The van der Waals surface area contributed by atoms with E-state index in [0.29, 0.717) is 4.68 Å². The fraction of sp³-hybridized carbons (Fsp3) is 0.400. The highest BCUT2D eigenvalue weighted by molar-refractivity contribution is 7.89. The molecule has 0 fully saturated rings. The average molecular weight is 264 g/mol. The lowest BCUT2D eigenvalue weighted by Gasteiger charge is -2.03. The molecule has 0 amide bonds. The van der Waals surface area contributed by atoms with E-state index in [1.807, 2.05) is 0 Å². The predicted octanol–water partition coefficient (Wildman–Crippen LogP) is 0.740. The van der Waals surface area contributed by atoms with Crippen LogP contribution in [0.2, 0.25) is 5.15 Å². The molecular weight excluding hydrogens is 259 g/mol. The van der Waals surface area contributed by atoms with Crippen molar-refractivity contribution in [2.75, 3.05) is 0 Å². The number of sulfonamides is 1. The molecule has 10 heteroatoms. The van der Waals surface area contributed by atoms with E-state index in [-0.39, 0.29) is 0 Å². The van der Waals surface area contributed by atoms with E-state index < -0.39 is 31.9 Å². The second kappa shape index (κ2) is 3.35. The Hall–Kier alpha value is -0.800. The molecule has 0 atom stereocenters. The third-order valence-electron chi connectivity index (χ3n) is 1.49. The maximum absolute atomic E-state index is 12.3. The summed E-state index contributed by atoms with van der Waals surface area (Å²) in [6, 6.07) is 0. The topological polar surface area (TPSA) is 78.0 Å². The van der Waals surface area contributed by atoms with Gasteiger partial charge in [0.25, 0.3) is 0 Å². The maximum Gasteiger partial charge on any atom is 0.436 e. The minimum Gasteiger partial charge on any atom is -0.255 e. The van der Waals surface area contributed by atoms with Crippen molar-refractivity contribution < 1.29 is 21.6 Å². The smallest absolute Gasteiger partial charge is 0.255 e. The van der Waals surface area contributed by atoms with Crippen molar-refractivity contribution in [3.8, 4) is 0 Å². The van der Waals surface area contributed by atoms with Gasteiger partial charge in [-0.1, -0.05) is 11.6 Å². The van der Waals surface area contributed by atoms with Crippen molar-refractivity contribution in [3.63, 3.8) is 0 Å². The van der Waals surface area contributed by atoms with Crippen molar-refractivity contribution in [3.05, 3.63) is 10.8 Å². The first-order chi connectivity index (χ1) is 6.55. The summed E-state index contributed by atoms with van der Waals surface area (Å²) in [4.78, 5) is -1.21. The normalized spacial score (nSPS) is 13.2. The van der Waals surface area contributed by atoms with Gasteiger partial charge >= 0.3 is 6.18 Å². The number of aryl methyl sites for hydroxylation is 1. The van der Waals surface area contributed by atoms with Crippen LogP contribution >= 0.6 is 11.6 Å². The fourth-order valence-electron chi connectivity index (χ4n) is 0.922. The minimum atomic E-state index is -4.92. The van der Waals surface area contributed by atoms with Crippen molar-refractivity contribution in [2.45, 2.75) is 11.1 Å². The summed E-state index contributed by atoms with van der Waals surface area (Å²) >= 11 is 5.35. The Morgan fingerprint density at radius 3 is 2.20 bits per heavy atom. The molecule has 1 heterocycles. The quantitative estimate of drug-likeness (QED) is 0.812. The third-order valence-corrected chi connectivity index (χ3v) is 2.99. The predicted molar refractivity (Wildman–Crippen MR) is 44.6 cm³/mol. The van der Waals surface area contributed by atoms with E-state index in [9.17, 15) is 21.6 Å². The highest BCUT2D eigenvalue weighted by Gasteiger charge is 2.42. The number of hydrogen-bond acceptors (Lipinski definition) is 3. The van der Waals surface area contributed by atoms with Gasteiger partial charge < -0.3 is 0 Å². The Balaban J connectivity index is 3.63. The number of nitrogens with two attached hydrogens (primary N) is 1. The molecule has 0 aliphatic carbocycles. The lowest BCUT2D eigenvalue weighted by molar-refractivity contribution is -0.143. The molecule has 5 nitrogen and oxygen atoms in total. The van der Waals surface area contributed by atoms with Crippen LogP contribution in [0, 0.1) is 0 Å². The molecule has 1 aromatic rings. The Morgan fingerprint density at radius 1 is 1.47 bits per heavy atom. The van der Waals surface area contributed by atoms with Crippen LogP contribution in [0.5, 0.6) is 0 Å². The summed E-state index contributed by atoms with van der Waals surface area (Å²) < 4.78 is 59.3. The zero-order chi connectivity index (χ0) is 12.0. The Morgan fingerprint density at radius 2 is 1.93 bits per heavy atom. The zero-order valence-electron chi connectivity index (χ0n) is 7.21. The van der Waals surface area contributed by atoms with Gasteiger partial charge in [0.15, 0.2) is 10.6 Å². The molecule has 1 aromatic heterocycles. The van der Waals surface area contributed by atoms with E-state index in [1.54, 1.807) is 0 Å². The Labute approximate surface area is 87.7 Å². The molecule has 86 valence electrons. The van der Waals surface area contributed by atoms with Crippen molar-refractivity contribution in [1.29, 1.82) is 0 Å². The van der Waals surface area contributed by atoms with Crippen LogP contribution in [0.15, 0.2) is 4.90 Å². The molecule has 0 saturated carbocycles. The lowest BCUT2D eigenvalue weighted by Crippen LogP contribution is -2.18. The number of rotatable bonds is 1. The van der Waals surface area contributed by atoms with Crippen LogP contribution in [0.4, 0.5) is 13.2 Å². The minimum absolute atomic E-state index is 0.587. The lowest BCUT2D eigenvalue weighted by atomic mass is 10.4.